The van der Waals surface area contributed by atoms with E-state index in [0.717, 1.165) is 4.90 Å². The Morgan fingerprint density at radius 2 is 1.89 bits per heavy atom. The van der Waals surface area contributed by atoms with Crippen LogP contribution >= 0.6 is 23.2 Å². The lowest BCUT2D eigenvalue weighted by Gasteiger charge is -2.29. The maximum atomic E-state index is 11.9. The van der Waals surface area contributed by atoms with Crippen molar-refractivity contribution >= 4 is 35.0 Å². The van der Waals surface area contributed by atoms with E-state index in [0.29, 0.717) is 22.0 Å². The molecule has 1 aliphatic heterocycles. The average Bonchev–Trinajstić information content (AvgIpc) is 2.33. The number of rotatable bonds is 2. The number of carbonyl (C=O) groups excluding carboxylic acids is 2. The summed E-state index contributed by atoms with van der Waals surface area (Å²) in [5, 5.41) is 0.865. The number of hydrogen-bond acceptors (Lipinski definition) is 3. The second kappa shape index (κ2) is 5.26. The molecule has 2 rings (SSSR count). The number of nitrogens with zero attached hydrogens (tertiary/aromatic N) is 1. The van der Waals surface area contributed by atoms with Crippen molar-refractivity contribution in [3.8, 4) is 0 Å². The fourth-order valence-electron chi connectivity index (χ4n) is 1.87. The predicted octanol–water partition coefficient (Wildman–Crippen LogP) is 1.97. The van der Waals surface area contributed by atoms with Crippen LogP contribution in [-0.2, 0) is 16.1 Å². The first-order valence-electron chi connectivity index (χ1n) is 5.53. The van der Waals surface area contributed by atoms with Gasteiger partial charge in [-0.15, -0.1) is 0 Å². The van der Waals surface area contributed by atoms with Gasteiger partial charge in [0, 0.05) is 22.0 Å². The molecule has 1 aliphatic rings. The summed E-state index contributed by atoms with van der Waals surface area (Å²) in [5.74, 6) is -0.611. The summed E-state index contributed by atoms with van der Waals surface area (Å²) >= 11 is 12.0. The van der Waals surface area contributed by atoms with Gasteiger partial charge in [-0.05, 0) is 18.6 Å². The van der Waals surface area contributed by atoms with Crippen molar-refractivity contribution in [2.45, 2.75) is 25.4 Å². The van der Waals surface area contributed by atoms with Gasteiger partial charge in [0.15, 0.2) is 0 Å². The number of likely N-dealkylation sites (tertiary alicyclic amines) is 1. The van der Waals surface area contributed by atoms with E-state index in [9.17, 15) is 9.59 Å². The third kappa shape index (κ3) is 2.51. The molecule has 1 aromatic rings. The van der Waals surface area contributed by atoms with Crippen LogP contribution in [0.1, 0.15) is 18.4 Å². The SMILES string of the molecule is NC1CCC(=O)N(Cc2c(Cl)cccc2Cl)C1=O. The van der Waals surface area contributed by atoms with Crippen molar-refractivity contribution in [2.24, 2.45) is 5.73 Å². The molecule has 0 aliphatic carbocycles. The summed E-state index contributed by atoms with van der Waals surface area (Å²) in [4.78, 5) is 24.7. The van der Waals surface area contributed by atoms with Gasteiger partial charge in [-0.3, -0.25) is 14.5 Å². The second-order valence-corrected chi connectivity index (χ2v) is 4.98. The molecule has 0 radical (unpaired) electrons. The molecule has 1 unspecified atom stereocenters. The van der Waals surface area contributed by atoms with Gasteiger partial charge in [0.1, 0.15) is 0 Å². The van der Waals surface area contributed by atoms with Crippen molar-refractivity contribution < 1.29 is 9.59 Å². The fourth-order valence-corrected chi connectivity index (χ4v) is 2.39. The van der Waals surface area contributed by atoms with Crippen LogP contribution in [-0.4, -0.2) is 22.8 Å². The zero-order valence-corrected chi connectivity index (χ0v) is 11.0. The zero-order valence-electron chi connectivity index (χ0n) is 9.53. The highest BCUT2D eigenvalue weighted by Gasteiger charge is 2.32. The molecule has 1 atom stereocenters. The molecule has 96 valence electrons. The lowest BCUT2D eigenvalue weighted by atomic mass is 10.0. The molecule has 18 heavy (non-hydrogen) atoms. The molecule has 2 N–H and O–H groups in total. The largest absolute Gasteiger partial charge is 0.320 e. The molecule has 6 heteroatoms. The van der Waals surface area contributed by atoms with Gasteiger partial charge < -0.3 is 5.73 Å². The van der Waals surface area contributed by atoms with E-state index in [4.69, 9.17) is 28.9 Å². The summed E-state index contributed by atoms with van der Waals surface area (Å²) in [6, 6.07) is 4.42. The quantitative estimate of drug-likeness (QED) is 0.846. The minimum Gasteiger partial charge on any atom is -0.320 e. The van der Waals surface area contributed by atoms with Crippen LogP contribution in [0.25, 0.3) is 0 Å². The number of nitrogens with two attached hydrogens (primary N) is 1. The highest BCUT2D eigenvalue weighted by molar-refractivity contribution is 6.36. The Bertz CT molecular complexity index is 485. The Kier molecular flexibility index (Phi) is 3.90. The molecular formula is C12H12Cl2N2O2. The lowest BCUT2D eigenvalue weighted by Crippen LogP contribution is -2.50. The molecular weight excluding hydrogens is 275 g/mol. The van der Waals surface area contributed by atoms with E-state index in [2.05, 4.69) is 0 Å². The third-order valence-corrected chi connectivity index (χ3v) is 3.64. The van der Waals surface area contributed by atoms with Gasteiger partial charge in [-0.1, -0.05) is 29.3 Å². The first-order valence-corrected chi connectivity index (χ1v) is 6.29. The van der Waals surface area contributed by atoms with Gasteiger partial charge in [0.25, 0.3) is 0 Å². The zero-order chi connectivity index (χ0) is 13.3. The Hall–Kier alpha value is -1.10. The van der Waals surface area contributed by atoms with Crippen LogP contribution in [0, 0.1) is 0 Å². The molecule has 1 fully saturated rings. The number of benzene rings is 1. The first-order chi connectivity index (χ1) is 8.50. The summed E-state index contributed by atoms with van der Waals surface area (Å²) in [6.45, 7) is 0.0733. The number of hydrogen-bond donors (Lipinski definition) is 1. The van der Waals surface area contributed by atoms with Crippen LogP contribution in [0.3, 0.4) is 0 Å². The highest BCUT2D eigenvalue weighted by Crippen LogP contribution is 2.27. The highest BCUT2D eigenvalue weighted by atomic mass is 35.5. The van der Waals surface area contributed by atoms with E-state index >= 15 is 0 Å². The van der Waals surface area contributed by atoms with Crippen LogP contribution < -0.4 is 5.73 Å². The molecule has 0 bridgehead atoms. The van der Waals surface area contributed by atoms with Crippen molar-refractivity contribution in [3.63, 3.8) is 0 Å². The number of amides is 2. The maximum absolute atomic E-state index is 11.9. The Morgan fingerprint density at radius 3 is 2.50 bits per heavy atom. The number of piperidine rings is 1. The maximum Gasteiger partial charge on any atom is 0.246 e. The van der Waals surface area contributed by atoms with Gasteiger partial charge >= 0.3 is 0 Å². The monoisotopic (exact) mass is 286 g/mol. The number of imide groups is 1. The second-order valence-electron chi connectivity index (χ2n) is 4.16. The number of carbonyl (C=O) groups is 2. The van der Waals surface area contributed by atoms with Crippen LogP contribution in [0.4, 0.5) is 0 Å². The van der Waals surface area contributed by atoms with E-state index in [1.54, 1.807) is 18.2 Å². The topological polar surface area (TPSA) is 63.4 Å². The molecule has 1 saturated heterocycles. The van der Waals surface area contributed by atoms with Crippen molar-refractivity contribution in [1.29, 1.82) is 0 Å². The minimum atomic E-state index is -0.621. The van der Waals surface area contributed by atoms with Crippen LogP contribution in [0.15, 0.2) is 18.2 Å². The van der Waals surface area contributed by atoms with Crippen LogP contribution in [0.5, 0.6) is 0 Å². The van der Waals surface area contributed by atoms with Gasteiger partial charge in [-0.25, -0.2) is 0 Å². The lowest BCUT2D eigenvalue weighted by molar-refractivity contribution is -0.149. The van der Waals surface area contributed by atoms with Gasteiger partial charge in [0.2, 0.25) is 11.8 Å². The summed E-state index contributed by atoms with van der Waals surface area (Å²) in [6.07, 6.45) is 0.666. The minimum absolute atomic E-state index is 0.0733. The normalized spacial score (nSPS) is 20.4. The van der Waals surface area contributed by atoms with E-state index in [1.165, 1.54) is 0 Å². The fraction of sp³-hybridized carbons (Fsp3) is 0.333. The van der Waals surface area contributed by atoms with Gasteiger partial charge in [-0.2, -0.15) is 0 Å². The molecule has 1 aromatic carbocycles. The van der Waals surface area contributed by atoms with E-state index < -0.39 is 6.04 Å². The molecule has 2 amide bonds. The molecule has 0 spiro atoms. The first kappa shape index (κ1) is 13.3. The average molecular weight is 287 g/mol. The third-order valence-electron chi connectivity index (χ3n) is 2.93. The molecule has 0 saturated carbocycles. The summed E-state index contributed by atoms with van der Waals surface area (Å²) in [5.41, 5.74) is 6.22. The van der Waals surface area contributed by atoms with Crippen molar-refractivity contribution in [1.82, 2.24) is 4.90 Å². The van der Waals surface area contributed by atoms with E-state index in [-0.39, 0.29) is 24.8 Å². The van der Waals surface area contributed by atoms with Crippen LogP contribution in [0.2, 0.25) is 10.0 Å². The smallest absolute Gasteiger partial charge is 0.246 e. The predicted molar refractivity (Wildman–Crippen MR) is 69.2 cm³/mol. The number of halogens is 2. The Balaban J connectivity index is 2.27. The Labute approximate surface area is 115 Å². The Morgan fingerprint density at radius 1 is 1.28 bits per heavy atom. The van der Waals surface area contributed by atoms with Gasteiger partial charge in [0.05, 0.1) is 12.6 Å². The van der Waals surface area contributed by atoms with Crippen molar-refractivity contribution in [3.05, 3.63) is 33.8 Å². The van der Waals surface area contributed by atoms with Crippen molar-refractivity contribution in [2.75, 3.05) is 0 Å². The molecule has 0 aromatic heterocycles. The molecule has 1 heterocycles. The van der Waals surface area contributed by atoms with E-state index in [1.807, 2.05) is 0 Å². The standard InChI is InChI=1S/C12H12Cl2N2O2/c13-8-2-1-3-9(14)7(8)6-16-11(17)5-4-10(15)12(16)18/h1-3,10H,4-6,15H2. The summed E-state index contributed by atoms with van der Waals surface area (Å²) < 4.78 is 0. The summed E-state index contributed by atoms with van der Waals surface area (Å²) in [7, 11) is 0. The molecule has 4 nitrogen and oxygen atoms in total.